The summed E-state index contributed by atoms with van der Waals surface area (Å²) in [7, 11) is 0. The molecule has 2 aromatic rings. The van der Waals surface area contributed by atoms with Gasteiger partial charge in [-0.2, -0.15) is 4.37 Å². The van der Waals surface area contributed by atoms with Gasteiger partial charge in [-0.15, -0.1) is 0 Å². The maximum Gasteiger partial charge on any atom is 0.344 e. The van der Waals surface area contributed by atoms with Crippen LogP contribution in [-0.4, -0.2) is 23.5 Å². The first-order valence-corrected chi connectivity index (χ1v) is 7.30. The minimum absolute atomic E-state index is 0.145. The molecule has 0 bridgehead atoms. The molecule has 0 aliphatic rings. The molecule has 0 fully saturated rings. The maximum absolute atomic E-state index is 13.5. The van der Waals surface area contributed by atoms with Gasteiger partial charge in [-0.25, -0.2) is 9.18 Å². The first-order valence-electron chi connectivity index (χ1n) is 6.53. The summed E-state index contributed by atoms with van der Waals surface area (Å²) < 4.78 is 22.4. The molecule has 0 radical (unpaired) electrons. The van der Waals surface area contributed by atoms with E-state index in [2.05, 4.69) is 9.69 Å². The molecule has 0 spiro atoms. The quantitative estimate of drug-likeness (QED) is 0.802. The van der Waals surface area contributed by atoms with Crippen molar-refractivity contribution < 1.29 is 13.9 Å². The van der Waals surface area contributed by atoms with Crippen LogP contribution < -0.4 is 11.1 Å². The number of halogens is 1. The third-order valence-corrected chi connectivity index (χ3v) is 3.65. The average Bonchev–Trinajstić information content (AvgIpc) is 2.82. The third-order valence-electron chi connectivity index (χ3n) is 2.84. The molecule has 2 rings (SSSR count). The Bertz CT molecular complexity index is 630. The summed E-state index contributed by atoms with van der Waals surface area (Å²) in [6.45, 7) is 2.46. The normalized spacial score (nSPS) is 10.4. The lowest BCUT2D eigenvalue weighted by Gasteiger charge is -2.07. The number of aromatic nitrogens is 1. The first kappa shape index (κ1) is 15.2. The molecule has 5 nitrogen and oxygen atoms in total. The van der Waals surface area contributed by atoms with Crippen LogP contribution in [0, 0.1) is 5.82 Å². The molecule has 7 heteroatoms. The van der Waals surface area contributed by atoms with E-state index in [0.717, 1.165) is 11.5 Å². The highest BCUT2D eigenvalue weighted by atomic mass is 32.1. The van der Waals surface area contributed by atoms with Crippen molar-refractivity contribution in [2.24, 2.45) is 0 Å². The molecule has 1 heterocycles. The monoisotopic (exact) mass is 309 g/mol. The number of benzene rings is 1. The minimum atomic E-state index is -0.503. The molecule has 0 unspecified atom stereocenters. The van der Waals surface area contributed by atoms with Gasteiger partial charge in [0.2, 0.25) is 0 Å². The van der Waals surface area contributed by atoms with Crippen LogP contribution in [0.25, 0.3) is 0 Å². The zero-order chi connectivity index (χ0) is 15.2. The summed E-state index contributed by atoms with van der Waals surface area (Å²) in [5.74, 6) is -0.599. The van der Waals surface area contributed by atoms with Crippen LogP contribution in [0.15, 0.2) is 24.3 Å². The number of nitrogen functional groups attached to an aromatic ring is 1. The molecule has 0 saturated heterocycles. The van der Waals surface area contributed by atoms with Crippen molar-refractivity contribution in [3.8, 4) is 0 Å². The number of hydrogen-bond donors (Lipinski definition) is 2. The van der Waals surface area contributed by atoms with Gasteiger partial charge in [-0.1, -0.05) is 18.2 Å². The number of carbonyl (C=O) groups is 1. The van der Waals surface area contributed by atoms with E-state index < -0.39 is 5.97 Å². The number of esters is 1. The molecule has 1 aromatic carbocycles. The van der Waals surface area contributed by atoms with E-state index in [1.807, 2.05) is 0 Å². The van der Waals surface area contributed by atoms with E-state index in [1.54, 1.807) is 25.1 Å². The van der Waals surface area contributed by atoms with Gasteiger partial charge in [-0.3, -0.25) is 0 Å². The molecular weight excluding hydrogens is 293 g/mol. The van der Waals surface area contributed by atoms with Crippen molar-refractivity contribution in [2.75, 3.05) is 24.2 Å². The Morgan fingerprint density at radius 2 is 2.24 bits per heavy atom. The smallest absolute Gasteiger partial charge is 0.344 e. The Balaban J connectivity index is 2.01. The van der Waals surface area contributed by atoms with E-state index in [1.165, 1.54) is 6.07 Å². The highest BCUT2D eigenvalue weighted by Crippen LogP contribution is 2.27. The number of nitrogens with one attached hydrogen (secondary N) is 1. The van der Waals surface area contributed by atoms with Crippen molar-refractivity contribution in [2.45, 2.75) is 13.3 Å². The van der Waals surface area contributed by atoms with E-state index >= 15 is 0 Å². The Morgan fingerprint density at radius 1 is 1.48 bits per heavy atom. The second-order valence-corrected chi connectivity index (χ2v) is 5.03. The van der Waals surface area contributed by atoms with Gasteiger partial charge in [0.25, 0.3) is 0 Å². The van der Waals surface area contributed by atoms with Crippen LogP contribution in [-0.2, 0) is 11.2 Å². The molecule has 21 heavy (non-hydrogen) atoms. The first-order chi connectivity index (χ1) is 10.1. The highest BCUT2D eigenvalue weighted by molar-refractivity contribution is 7.11. The Kier molecular flexibility index (Phi) is 5.10. The number of rotatable bonds is 6. The molecule has 0 amide bonds. The number of anilines is 2. The van der Waals surface area contributed by atoms with Gasteiger partial charge >= 0.3 is 5.97 Å². The number of nitrogens with two attached hydrogens (primary N) is 1. The van der Waals surface area contributed by atoms with E-state index in [-0.39, 0.29) is 23.8 Å². The summed E-state index contributed by atoms with van der Waals surface area (Å²) in [5.41, 5.74) is 6.53. The van der Waals surface area contributed by atoms with Gasteiger partial charge in [-0.05, 0) is 36.5 Å². The average molecular weight is 309 g/mol. The van der Waals surface area contributed by atoms with Crippen LogP contribution in [0.4, 0.5) is 15.2 Å². The predicted octanol–water partition coefficient (Wildman–Crippen LogP) is 2.70. The topological polar surface area (TPSA) is 77.2 Å². The molecule has 0 aliphatic carbocycles. The Morgan fingerprint density at radius 3 is 2.95 bits per heavy atom. The Hall–Kier alpha value is -2.15. The van der Waals surface area contributed by atoms with Crippen LogP contribution in [0.3, 0.4) is 0 Å². The molecule has 0 atom stereocenters. The second kappa shape index (κ2) is 7.03. The summed E-state index contributed by atoms with van der Waals surface area (Å²) in [6, 6.07) is 6.58. The third kappa shape index (κ3) is 3.69. The fraction of sp³-hybridized carbons (Fsp3) is 0.286. The van der Waals surface area contributed by atoms with Crippen molar-refractivity contribution in [3.05, 3.63) is 41.2 Å². The van der Waals surface area contributed by atoms with E-state index in [4.69, 9.17) is 10.5 Å². The lowest BCUT2D eigenvalue weighted by atomic mass is 10.1. The minimum Gasteiger partial charge on any atom is -0.462 e. The zero-order valence-electron chi connectivity index (χ0n) is 11.6. The zero-order valence-corrected chi connectivity index (χ0v) is 12.4. The van der Waals surface area contributed by atoms with Gasteiger partial charge < -0.3 is 15.8 Å². The number of hydrogen-bond acceptors (Lipinski definition) is 6. The van der Waals surface area contributed by atoms with Crippen molar-refractivity contribution in [1.29, 1.82) is 0 Å². The SMILES string of the molecule is CCOC(=O)c1c(N)nsc1NCCc1ccccc1F. The summed E-state index contributed by atoms with van der Waals surface area (Å²) in [6.07, 6.45) is 0.493. The fourth-order valence-corrected chi connectivity index (χ4v) is 2.56. The highest BCUT2D eigenvalue weighted by Gasteiger charge is 2.20. The molecular formula is C14H16FN3O2S. The largest absolute Gasteiger partial charge is 0.462 e. The van der Waals surface area contributed by atoms with Gasteiger partial charge in [0.05, 0.1) is 6.61 Å². The maximum atomic E-state index is 13.5. The van der Waals surface area contributed by atoms with Gasteiger partial charge in [0.1, 0.15) is 16.4 Å². The lowest BCUT2D eigenvalue weighted by molar-refractivity contribution is 0.0529. The van der Waals surface area contributed by atoms with Gasteiger partial charge in [0.15, 0.2) is 5.82 Å². The number of nitrogens with zero attached hydrogens (tertiary/aromatic N) is 1. The lowest BCUT2D eigenvalue weighted by Crippen LogP contribution is -2.11. The van der Waals surface area contributed by atoms with Crippen LogP contribution in [0.5, 0.6) is 0 Å². The Labute approximate surface area is 126 Å². The molecule has 3 N–H and O–H groups in total. The summed E-state index contributed by atoms with van der Waals surface area (Å²) in [5, 5.41) is 3.60. The standard InChI is InChI=1S/C14H16FN3O2S/c1-2-20-14(19)11-12(16)18-21-13(11)17-8-7-9-5-3-4-6-10(9)15/h3-6,17H,2,7-8H2,1H3,(H2,16,18). The van der Waals surface area contributed by atoms with Crippen molar-refractivity contribution in [1.82, 2.24) is 4.37 Å². The van der Waals surface area contributed by atoms with Gasteiger partial charge in [0, 0.05) is 6.54 Å². The van der Waals surface area contributed by atoms with Crippen molar-refractivity contribution in [3.63, 3.8) is 0 Å². The predicted molar refractivity (Wildman–Crippen MR) is 81.1 cm³/mol. The van der Waals surface area contributed by atoms with E-state index in [9.17, 15) is 9.18 Å². The van der Waals surface area contributed by atoms with Crippen molar-refractivity contribution >= 4 is 28.3 Å². The van der Waals surface area contributed by atoms with Crippen LogP contribution in [0.1, 0.15) is 22.8 Å². The second-order valence-electron chi connectivity index (χ2n) is 4.26. The summed E-state index contributed by atoms with van der Waals surface area (Å²) >= 11 is 1.09. The van der Waals surface area contributed by atoms with E-state index in [0.29, 0.717) is 23.5 Å². The molecule has 0 saturated carbocycles. The molecule has 1 aromatic heterocycles. The summed E-state index contributed by atoms with van der Waals surface area (Å²) in [4.78, 5) is 11.8. The molecule has 112 valence electrons. The molecule has 0 aliphatic heterocycles. The number of carbonyl (C=O) groups excluding carboxylic acids is 1. The fourth-order valence-electron chi connectivity index (χ4n) is 1.84. The van der Waals surface area contributed by atoms with Crippen LogP contribution >= 0.6 is 11.5 Å². The number of ether oxygens (including phenoxy) is 1. The van der Waals surface area contributed by atoms with Crippen LogP contribution in [0.2, 0.25) is 0 Å².